The van der Waals surface area contributed by atoms with E-state index in [4.69, 9.17) is 4.98 Å². The van der Waals surface area contributed by atoms with E-state index >= 15 is 0 Å². The van der Waals surface area contributed by atoms with E-state index < -0.39 is 0 Å². The number of hydrogen-bond acceptors (Lipinski definition) is 5. The van der Waals surface area contributed by atoms with Crippen molar-refractivity contribution in [1.82, 2.24) is 19.7 Å². The fourth-order valence-electron chi connectivity index (χ4n) is 3.74. The highest BCUT2D eigenvalue weighted by molar-refractivity contribution is 5.95. The number of nitrogens with one attached hydrogen (secondary N) is 1. The number of anilines is 3. The SMILES string of the molecule is Cc1nnc(Nc2ccc3c(c2)nc(N(C)C)n3-c2ccccc2)c2ccccc12. The predicted molar refractivity (Wildman–Crippen MR) is 123 cm³/mol. The van der Waals surface area contributed by atoms with Gasteiger partial charge in [-0.25, -0.2) is 4.98 Å². The Bertz CT molecular complexity index is 1350. The molecule has 2 aromatic heterocycles. The number of hydrogen-bond donors (Lipinski definition) is 1. The fraction of sp³-hybridized carbons (Fsp3) is 0.125. The van der Waals surface area contributed by atoms with E-state index in [9.17, 15) is 0 Å². The summed E-state index contributed by atoms with van der Waals surface area (Å²) < 4.78 is 2.17. The van der Waals surface area contributed by atoms with Crippen molar-refractivity contribution in [3.05, 3.63) is 78.5 Å². The highest BCUT2D eigenvalue weighted by Crippen LogP contribution is 2.30. The predicted octanol–water partition coefficient (Wildman–Crippen LogP) is 5.09. The molecule has 0 saturated heterocycles. The molecule has 5 aromatic rings. The van der Waals surface area contributed by atoms with Gasteiger partial charge in [-0.05, 0) is 37.3 Å². The Kier molecular flexibility index (Phi) is 4.32. The number of fused-ring (bicyclic) bond motifs is 2. The maximum absolute atomic E-state index is 4.88. The Morgan fingerprint density at radius 3 is 2.33 bits per heavy atom. The molecule has 0 radical (unpaired) electrons. The van der Waals surface area contributed by atoms with Gasteiger partial charge in [0.05, 0.1) is 16.7 Å². The first kappa shape index (κ1) is 18.1. The summed E-state index contributed by atoms with van der Waals surface area (Å²) >= 11 is 0. The highest BCUT2D eigenvalue weighted by atomic mass is 15.3. The van der Waals surface area contributed by atoms with Gasteiger partial charge in [-0.15, -0.1) is 5.10 Å². The van der Waals surface area contributed by atoms with E-state index in [0.717, 1.165) is 50.6 Å². The van der Waals surface area contributed by atoms with E-state index in [-0.39, 0.29) is 0 Å². The van der Waals surface area contributed by atoms with E-state index in [0.29, 0.717) is 0 Å². The molecule has 0 unspecified atom stereocenters. The number of para-hydroxylation sites is 1. The van der Waals surface area contributed by atoms with Crippen LogP contribution in [0.25, 0.3) is 27.5 Å². The maximum atomic E-state index is 4.88. The minimum atomic E-state index is 0.742. The quantitative estimate of drug-likeness (QED) is 0.460. The van der Waals surface area contributed by atoms with Crippen LogP contribution in [-0.4, -0.2) is 33.8 Å². The number of rotatable bonds is 4. The monoisotopic (exact) mass is 394 g/mol. The summed E-state index contributed by atoms with van der Waals surface area (Å²) in [5.74, 6) is 1.62. The molecule has 30 heavy (non-hydrogen) atoms. The second kappa shape index (κ2) is 7.15. The summed E-state index contributed by atoms with van der Waals surface area (Å²) in [6, 6.07) is 24.6. The Labute approximate surface area is 174 Å². The van der Waals surface area contributed by atoms with Gasteiger partial charge in [0.1, 0.15) is 0 Å². The van der Waals surface area contributed by atoms with Crippen molar-refractivity contribution in [3.63, 3.8) is 0 Å². The summed E-state index contributed by atoms with van der Waals surface area (Å²) in [5.41, 5.74) is 4.89. The Hall–Kier alpha value is -3.93. The molecular weight excluding hydrogens is 372 g/mol. The minimum absolute atomic E-state index is 0.742. The van der Waals surface area contributed by atoms with Gasteiger partial charge in [-0.1, -0.05) is 42.5 Å². The van der Waals surface area contributed by atoms with Gasteiger partial charge >= 0.3 is 0 Å². The van der Waals surface area contributed by atoms with Crippen LogP contribution in [-0.2, 0) is 0 Å². The van der Waals surface area contributed by atoms with Crippen LogP contribution in [0.4, 0.5) is 17.5 Å². The Morgan fingerprint density at radius 2 is 1.57 bits per heavy atom. The van der Waals surface area contributed by atoms with Crippen LogP contribution in [0.15, 0.2) is 72.8 Å². The lowest BCUT2D eigenvalue weighted by atomic mass is 10.1. The van der Waals surface area contributed by atoms with Gasteiger partial charge < -0.3 is 10.2 Å². The molecule has 0 aliphatic rings. The van der Waals surface area contributed by atoms with E-state index in [1.54, 1.807) is 0 Å². The van der Waals surface area contributed by atoms with Crippen molar-refractivity contribution in [3.8, 4) is 5.69 Å². The van der Waals surface area contributed by atoms with Crippen molar-refractivity contribution < 1.29 is 0 Å². The standard InChI is InChI=1S/C24H22N6/c1-16-19-11-7-8-12-20(19)23(28-27-16)25-17-13-14-22-21(15-17)26-24(29(2)3)30(22)18-9-5-4-6-10-18/h4-15H,1-3H3,(H,25,28). The smallest absolute Gasteiger partial charge is 0.210 e. The summed E-state index contributed by atoms with van der Waals surface area (Å²) in [6.07, 6.45) is 0. The number of nitrogens with zero attached hydrogens (tertiary/aromatic N) is 5. The number of aryl methyl sites for hydroxylation is 1. The van der Waals surface area contributed by atoms with Crippen LogP contribution >= 0.6 is 0 Å². The molecule has 0 bridgehead atoms. The Morgan fingerprint density at radius 1 is 0.833 bits per heavy atom. The molecule has 0 aliphatic heterocycles. The van der Waals surface area contributed by atoms with Gasteiger partial charge in [-0.3, -0.25) is 4.57 Å². The zero-order chi connectivity index (χ0) is 20.7. The third-order valence-electron chi connectivity index (χ3n) is 5.19. The maximum Gasteiger partial charge on any atom is 0.210 e. The zero-order valence-corrected chi connectivity index (χ0v) is 17.2. The minimum Gasteiger partial charge on any atom is -0.348 e. The van der Waals surface area contributed by atoms with E-state index in [1.165, 1.54) is 0 Å². The molecule has 6 nitrogen and oxygen atoms in total. The second-order valence-corrected chi connectivity index (χ2v) is 7.49. The average molecular weight is 394 g/mol. The lowest BCUT2D eigenvalue weighted by Gasteiger charge is -2.15. The van der Waals surface area contributed by atoms with Crippen LogP contribution < -0.4 is 10.2 Å². The molecule has 0 saturated carbocycles. The molecule has 6 heteroatoms. The number of benzene rings is 3. The van der Waals surface area contributed by atoms with Crippen LogP contribution in [0, 0.1) is 6.92 Å². The van der Waals surface area contributed by atoms with Crippen molar-refractivity contribution >= 4 is 39.3 Å². The molecule has 0 amide bonds. The zero-order valence-electron chi connectivity index (χ0n) is 17.2. The first-order valence-electron chi connectivity index (χ1n) is 9.86. The molecule has 0 aliphatic carbocycles. The van der Waals surface area contributed by atoms with Crippen LogP contribution in [0.2, 0.25) is 0 Å². The topological polar surface area (TPSA) is 58.9 Å². The Balaban J connectivity index is 1.61. The summed E-state index contributed by atoms with van der Waals surface area (Å²) in [6.45, 7) is 1.98. The van der Waals surface area contributed by atoms with Gasteiger partial charge in [0, 0.05) is 36.2 Å². The fourth-order valence-corrected chi connectivity index (χ4v) is 3.74. The third kappa shape index (κ3) is 3.03. The first-order valence-corrected chi connectivity index (χ1v) is 9.86. The second-order valence-electron chi connectivity index (χ2n) is 7.49. The van der Waals surface area contributed by atoms with E-state index in [1.807, 2.05) is 56.3 Å². The molecule has 0 fully saturated rings. The summed E-state index contributed by atoms with van der Waals surface area (Å²) in [7, 11) is 4.02. The first-order chi connectivity index (χ1) is 14.6. The van der Waals surface area contributed by atoms with Crippen molar-refractivity contribution in [2.24, 2.45) is 0 Å². The summed E-state index contributed by atoms with van der Waals surface area (Å²) in [4.78, 5) is 6.91. The number of aromatic nitrogens is 4. The highest BCUT2D eigenvalue weighted by Gasteiger charge is 2.15. The van der Waals surface area contributed by atoms with Crippen molar-refractivity contribution in [1.29, 1.82) is 0 Å². The lowest BCUT2D eigenvalue weighted by molar-refractivity contribution is 0.970. The largest absolute Gasteiger partial charge is 0.348 e. The molecular formula is C24H22N6. The molecule has 148 valence electrons. The lowest BCUT2D eigenvalue weighted by Crippen LogP contribution is -2.14. The number of imidazole rings is 1. The summed E-state index contributed by atoms with van der Waals surface area (Å²) in [5, 5.41) is 14.3. The van der Waals surface area contributed by atoms with Gasteiger partial charge in [0.15, 0.2) is 5.82 Å². The molecule has 1 N–H and O–H groups in total. The average Bonchev–Trinajstić information content (AvgIpc) is 3.16. The van der Waals surface area contributed by atoms with E-state index in [2.05, 4.69) is 62.5 Å². The molecule has 0 spiro atoms. The van der Waals surface area contributed by atoms with Crippen LogP contribution in [0.5, 0.6) is 0 Å². The van der Waals surface area contributed by atoms with Crippen molar-refractivity contribution in [2.45, 2.75) is 6.92 Å². The molecule has 2 heterocycles. The normalized spacial score (nSPS) is 11.2. The van der Waals surface area contributed by atoms with Crippen LogP contribution in [0.1, 0.15) is 5.69 Å². The third-order valence-corrected chi connectivity index (χ3v) is 5.19. The van der Waals surface area contributed by atoms with Crippen LogP contribution in [0.3, 0.4) is 0 Å². The van der Waals surface area contributed by atoms with Gasteiger partial charge in [-0.2, -0.15) is 5.10 Å². The van der Waals surface area contributed by atoms with Gasteiger partial charge in [0.25, 0.3) is 0 Å². The van der Waals surface area contributed by atoms with Crippen molar-refractivity contribution in [2.75, 3.05) is 24.3 Å². The molecule has 0 atom stereocenters. The molecule has 5 rings (SSSR count). The molecule has 3 aromatic carbocycles. The van der Waals surface area contributed by atoms with Gasteiger partial charge in [0.2, 0.25) is 5.95 Å².